The first-order chi connectivity index (χ1) is 21.3. The van der Waals surface area contributed by atoms with E-state index in [1.165, 1.54) is 17.5 Å². The van der Waals surface area contributed by atoms with Gasteiger partial charge in [0.2, 0.25) is 11.8 Å². The van der Waals surface area contributed by atoms with Crippen molar-refractivity contribution in [3.8, 4) is 17.1 Å². The summed E-state index contributed by atoms with van der Waals surface area (Å²) in [7, 11) is 0. The summed E-state index contributed by atoms with van der Waals surface area (Å²) in [5, 5.41) is 3.01. The highest BCUT2D eigenvalue weighted by molar-refractivity contribution is 8.00. The van der Waals surface area contributed by atoms with Crippen LogP contribution in [0.5, 0.6) is 5.88 Å². The Hall–Kier alpha value is -3.30. The maximum absolute atomic E-state index is 12.2. The third-order valence-corrected chi connectivity index (χ3v) is 8.07. The molecular weight excluding hydrogens is 582 g/mol. The van der Waals surface area contributed by atoms with E-state index in [-0.39, 0.29) is 18.2 Å². The molecule has 0 spiro atoms. The molecular formula is C36H53N5O3S. The molecule has 0 aliphatic carbocycles. The van der Waals surface area contributed by atoms with E-state index < -0.39 is 5.60 Å². The van der Waals surface area contributed by atoms with Crippen LogP contribution in [0.2, 0.25) is 0 Å². The molecule has 0 saturated heterocycles. The minimum absolute atomic E-state index is 0.0637. The van der Waals surface area contributed by atoms with Crippen molar-refractivity contribution in [3.05, 3.63) is 65.2 Å². The number of nitrogens with two attached hydrogens (primary N) is 1. The molecule has 0 saturated carbocycles. The fraction of sp³-hybridized carbons (Fsp3) is 0.528. The number of carbonyl (C=O) groups is 1. The van der Waals surface area contributed by atoms with E-state index in [9.17, 15) is 4.79 Å². The van der Waals surface area contributed by atoms with Crippen LogP contribution in [0.3, 0.4) is 0 Å². The SMILES string of the molecule is CCC(CCCCc1cccc(SNc2nc(OCC(N)CC(C)C)cc(-c3c(C)cccc3C)n2)c1)NC(=O)OC(C)(C)C. The number of hydrogen-bond acceptors (Lipinski definition) is 8. The van der Waals surface area contributed by atoms with Crippen molar-refractivity contribution in [2.75, 3.05) is 11.3 Å². The highest BCUT2D eigenvalue weighted by Gasteiger charge is 2.19. The normalized spacial score (nSPS) is 12.9. The van der Waals surface area contributed by atoms with Gasteiger partial charge in [-0.3, -0.25) is 4.72 Å². The van der Waals surface area contributed by atoms with Crippen LogP contribution in [0.4, 0.5) is 10.7 Å². The maximum atomic E-state index is 12.2. The van der Waals surface area contributed by atoms with Gasteiger partial charge in [-0.25, -0.2) is 9.78 Å². The number of ether oxygens (including phenoxy) is 2. The van der Waals surface area contributed by atoms with E-state index in [4.69, 9.17) is 20.2 Å². The summed E-state index contributed by atoms with van der Waals surface area (Å²) in [5.74, 6) is 1.49. The molecule has 0 fully saturated rings. The van der Waals surface area contributed by atoms with Crippen LogP contribution in [-0.2, 0) is 11.2 Å². The predicted molar refractivity (Wildman–Crippen MR) is 187 cm³/mol. The van der Waals surface area contributed by atoms with Crippen LogP contribution >= 0.6 is 11.9 Å². The molecule has 2 unspecified atom stereocenters. The van der Waals surface area contributed by atoms with Crippen molar-refractivity contribution in [2.45, 2.75) is 116 Å². The van der Waals surface area contributed by atoms with Gasteiger partial charge in [0, 0.05) is 28.6 Å². The third-order valence-electron chi connectivity index (χ3n) is 7.30. The maximum Gasteiger partial charge on any atom is 0.407 e. The molecule has 0 radical (unpaired) electrons. The van der Waals surface area contributed by atoms with Gasteiger partial charge in [-0.2, -0.15) is 4.98 Å². The van der Waals surface area contributed by atoms with Crippen molar-refractivity contribution in [2.24, 2.45) is 11.7 Å². The summed E-state index contributed by atoms with van der Waals surface area (Å²) >= 11 is 1.48. The summed E-state index contributed by atoms with van der Waals surface area (Å²) in [6, 6.07) is 16.7. The van der Waals surface area contributed by atoms with Gasteiger partial charge >= 0.3 is 6.09 Å². The van der Waals surface area contributed by atoms with E-state index >= 15 is 0 Å². The van der Waals surface area contributed by atoms with E-state index in [2.05, 4.69) is 92.1 Å². The molecule has 9 heteroatoms. The minimum Gasteiger partial charge on any atom is -0.476 e. The van der Waals surface area contributed by atoms with Crippen molar-refractivity contribution < 1.29 is 14.3 Å². The molecule has 1 aromatic heterocycles. The van der Waals surface area contributed by atoms with Gasteiger partial charge in [0.25, 0.3) is 0 Å². The van der Waals surface area contributed by atoms with E-state index in [0.29, 0.717) is 24.4 Å². The average molecular weight is 636 g/mol. The molecule has 0 bridgehead atoms. The van der Waals surface area contributed by atoms with Crippen LogP contribution in [-0.4, -0.2) is 40.4 Å². The lowest BCUT2D eigenvalue weighted by molar-refractivity contribution is 0.0499. The van der Waals surface area contributed by atoms with E-state index in [1.54, 1.807) is 0 Å². The number of benzene rings is 2. The summed E-state index contributed by atoms with van der Waals surface area (Å²) < 4.78 is 14.9. The summed E-state index contributed by atoms with van der Waals surface area (Å²) in [4.78, 5) is 22.8. The Morgan fingerprint density at radius 1 is 1.02 bits per heavy atom. The number of amides is 1. The summed E-state index contributed by atoms with van der Waals surface area (Å²) in [6.45, 7) is 16.6. The molecule has 8 nitrogen and oxygen atoms in total. The molecule has 1 heterocycles. The van der Waals surface area contributed by atoms with Crippen molar-refractivity contribution in [3.63, 3.8) is 0 Å². The van der Waals surface area contributed by atoms with Gasteiger partial charge in [0.1, 0.15) is 12.2 Å². The predicted octanol–water partition coefficient (Wildman–Crippen LogP) is 8.65. The van der Waals surface area contributed by atoms with Gasteiger partial charge in [-0.1, -0.05) is 57.5 Å². The van der Waals surface area contributed by atoms with E-state index in [1.807, 2.05) is 26.8 Å². The minimum atomic E-state index is -0.494. The number of hydrogen-bond donors (Lipinski definition) is 3. The zero-order valence-corrected chi connectivity index (χ0v) is 29.2. The Morgan fingerprint density at radius 3 is 2.40 bits per heavy atom. The highest BCUT2D eigenvalue weighted by Crippen LogP contribution is 2.30. The second kappa shape index (κ2) is 17.4. The molecule has 3 aromatic rings. The fourth-order valence-electron chi connectivity index (χ4n) is 5.20. The molecule has 4 N–H and O–H groups in total. The monoisotopic (exact) mass is 635 g/mol. The smallest absolute Gasteiger partial charge is 0.407 e. The molecule has 0 aliphatic heterocycles. The number of aromatic nitrogens is 2. The highest BCUT2D eigenvalue weighted by atomic mass is 32.2. The zero-order chi connectivity index (χ0) is 33.0. The lowest BCUT2D eigenvalue weighted by Crippen LogP contribution is -2.38. The Kier molecular flexibility index (Phi) is 14.0. The quantitative estimate of drug-likeness (QED) is 0.106. The number of carbonyl (C=O) groups excluding carboxylic acids is 1. The number of rotatable bonds is 16. The Morgan fingerprint density at radius 2 is 1.73 bits per heavy atom. The number of unbranched alkanes of at least 4 members (excludes halogenated alkanes) is 1. The van der Waals surface area contributed by atoms with Gasteiger partial charge in [-0.05, 0) is 113 Å². The number of nitrogens with zero attached hydrogens (tertiary/aromatic N) is 2. The Bertz CT molecular complexity index is 1350. The lowest BCUT2D eigenvalue weighted by Gasteiger charge is -2.23. The van der Waals surface area contributed by atoms with Crippen LogP contribution in [0, 0.1) is 19.8 Å². The first-order valence-corrected chi connectivity index (χ1v) is 17.0. The average Bonchev–Trinajstić information content (AvgIpc) is 2.95. The first kappa shape index (κ1) is 36.2. The molecule has 2 atom stereocenters. The van der Waals surface area contributed by atoms with Crippen molar-refractivity contribution >= 4 is 24.0 Å². The first-order valence-electron chi connectivity index (χ1n) is 16.2. The topological polar surface area (TPSA) is 111 Å². The molecule has 45 heavy (non-hydrogen) atoms. The molecule has 2 aromatic carbocycles. The third kappa shape index (κ3) is 12.9. The standard InChI is InChI=1S/C36H53N5O3S/c1-9-29(38-35(42)44-36(6,7)8)18-11-10-16-27-17-13-19-30(21-27)45-41-34-39-31(33-25(4)14-12-15-26(33)5)22-32(40-34)43-23-28(37)20-24(2)3/h12-15,17,19,21-22,24,28-29H,9-11,16,18,20,23,37H2,1-8H3,(H,38,42)(H,39,40,41). The molecule has 1 amide bonds. The Balaban J connectivity index is 1.63. The van der Waals surface area contributed by atoms with Crippen molar-refractivity contribution in [1.29, 1.82) is 0 Å². The van der Waals surface area contributed by atoms with Crippen molar-refractivity contribution in [1.82, 2.24) is 15.3 Å². The fourth-order valence-corrected chi connectivity index (χ4v) is 5.86. The number of nitrogens with one attached hydrogen (secondary N) is 2. The molecule has 246 valence electrons. The van der Waals surface area contributed by atoms with Gasteiger partial charge in [0.05, 0.1) is 5.69 Å². The number of aryl methyl sites for hydroxylation is 3. The second-order valence-electron chi connectivity index (χ2n) is 13.2. The summed E-state index contributed by atoms with van der Waals surface area (Å²) in [6.07, 6.45) is 5.36. The van der Waals surface area contributed by atoms with E-state index in [0.717, 1.165) is 65.8 Å². The van der Waals surface area contributed by atoms with Gasteiger partial charge in [0.15, 0.2) is 0 Å². The zero-order valence-electron chi connectivity index (χ0n) is 28.4. The van der Waals surface area contributed by atoms with Crippen LogP contribution in [0.15, 0.2) is 53.4 Å². The van der Waals surface area contributed by atoms with Crippen LogP contribution in [0.1, 0.15) is 90.3 Å². The second-order valence-corrected chi connectivity index (χ2v) is 14.1. The van der Waals surface area contributed by atoms with Gasteiger partial charge < -0.3 is 20.5 Å². The molecule has 3 rings (SSSR count). The molecule has 0 aliphatic rings. The largest absolute Gasteiger partial charge is 0.476 e. The number of anilines is 1. The van der Waals surface area contributed by atoms with Crippen LogP contribution in [0.25, 0.3) is 11.3 Å². The number of alkyl carbamates (subject to hydrolysis) is 1. The van der Waals surface area contributed by atoms with Gasteiger partial charge in [-0.15, -0.1) is 0 Å². The Labute approximate surface area is 274 Å². The lowest BCUT2D eigenvalue weighted by atomic mass is 10.00. The van der Waals surface area contributed by atoms with Crippen LogP contribution < -0.4 is 20.5 Å². The summed E-state index contributed by atoms with van der Waals surface area (Å²) in [5.41, 5.74) is 11.3.